The van der Waals surface area contributed by atoms with Crippen LogP contribution in [-0.4, -0.2) is 17.5 Å². The van der Waals surface area contributed by atoms with Gasteiger partial charge in [0, 0.05) is 17.9 Å². The van der Waals surface area contributed by atoms with Crippen LogP contribution in [0.3, 0.4) is 0 Å². The summed E-state index contributed by atoms with van der Waals surface area (Å²) in [5.41, 5.74) is 1.01. The minimum Gasteiger partial charge on any atom is -0.494 e. The molecule has 0 aliphatic rings. The molecule has 0 atom stereocenters. The molecule has 3 nitrogen and oxygen atoms in total. The van der Waals surface area contributed by atoms with Crippen LogP contribution in [0, 0.1) is 0 Å². The Morgan fingerprint density at radius 2 is 2.00 bits per heavy atom. The zero-order valence-electron chi connectivity index (χ0n) is 11.8. The fourth-order valence-corrected chi connectivity index (χ4v) is 1.96. The number of unbranched alkanes of at least 4 members (excludes halogenated alkanes) is 1. The Balaban J connectivity index is 1.96. The molecule has 0 radical (unpaired) electrons. The summed E-state index contributed by atoms with van der Waals surface area (Å²) in [6.07, 6.45) is 5.64. The van der Waals surface area contributed by atoms with Gasteiger partial charge in [0.05, 0.1) is 12.8 Å². The average Bonchev–Trinajstić information content (AvgIpc) is 2.95. The minimum atomic E-state index is 0.626. The topological polar surface area (TPSA) is 35.3 Å². The third-order valence-electron chi connectivity index (χ3n) is 2.98. The molecule has 0 saturated carbocycles. The SMILES string of the molecule is CCCCOc1ccc(-c2cnc(CCCCl)o2)cc1. The molecule has 20 heavy (non-hydrogen) atoms. The van der Waals surface area contributed by atoms with E-state index in [1.54, 1.807) is 6.20 Å². The molecule has 0 amide bonds. The van der Waals surface area contributed by atoms with Crippen LogP contribution in [0.25, 0.3) is 11.3 Å². The molecule has 1 aromatic carbocycles. The van der Waals surface area contributed by atoms with E-state index in [4.69, 9.17) is 20.8 Å². The first kappa shape index (κ1) is 14.9. The van der Waals surface area contributed by atoms with Gasteiger partial charge < -0.3 is 9.15 Å². The summed E-state index contributed by atoms with van der Waals surface area (Å²) >= 11 is 5.66. The first-order chi connectivity index (χ1) is 9.83. The van der Waals surface area contributed by atoms with Gasteiger partial charge in [0.1, 0.15) is 5.75 Å². The van der Waals surface area contributed by atoms with Crippen molar-refractivity contribution in [2.45, 2.75) is 32.6 Å². The maximum Gasteiger partial charge on any atom is 0.194 e. The number of nitrogens with zero attached hydrogens (tertiary/aromatic N) is 1. The van der Waals surface area contributed by atoms with Crippen LogP contribution < -0.4 is 4.74 Å². The van der Waals surface area contributed by atoms with Gasteiger partial charge in [-0.25, -0.2) is 4.98 Å². The molecule has 0 bridgehead atoms. The van der Waals surface area contributed by atoms with Gasteiger partial charge in [0.25, 0.3) is 0 Å². The molecule has 0 aliphatic heterocycles. The lowest BCUT2D eigenvalue weighted by Gasteiger charge is -2.05. The number of aromatic nitrogens is 1. The van der Waals surface area contributed by atoms with Crippen molar-refractivity contribution >= 4 is 11.6 Å². The summed E-state index contributed by atoms with van der Waals surface area (Å²) in [5.74, 6) is 3.05. The number of ether oxygens (including phenoxy) is 1. The van der Waals surface area contributed by atoms with Crippen molar-refractivity contribution in [1.82, 2.24) is 4.98 Å². The van der Waals surface area contributed by atoms with E-state index in [1.807, 2.05) is 24.3 Å². The molecule has 0 aliphatic carbocycles. The molecule has 0 fully saturated rings. The van der Waals surface area contributed by atoms with Crippen LogP contribution in [-0.2, 0) is 6.42 Å². The first-order valence-electron chi connectivity index (χ1n) is 7.07. The molecule has 2 aromatic rings. The molecule has 0 saturated heterocycles. The summed E-state index contributed by atoms with van der Waals surface area (Å²) < 4.78 is 11.3. The lowest BCUT2D eigenvalue weighted by Crippen LogP contribution is -1.95. The normalized spacial score (nSPS) is 10.7. The molecular weight excluding hydrogens is 274 g/mol. The Hall–Kier alpha value is -1.48. The number of benzene rings is 1. The molecule has 2 rings (SSSR count). The zero-order chi connectivity index (χ0) is 14.2. The number of alkyl halides is 1. The summed E-state index contributed by atoms with van der Waals surface area (Å²) in [4.78, 5) is 4.26. The van der Waals surface area contributed by atoms with Crippen LogP contribution in [0.15, 0.2) is 34.9 Å². The van der Waals surface area contributed by atoms with E-state index in [2.05, 4.69) is 11.9 Å². The predicted octanol–water partition coefficient (Wildman–Crippen LogP) is 4.69. The highest BCUT2D eigenvalue weighted by molar-refractivity contribution is 6.17. The second-order valence-corrected chi connectivity index (χ2v) is 5.02. The lowest BCUT2D eigenvalue weighted by molar-refractivity contribution is 0.309. The van der Waals surface area contributed by atoms with Gasteiger partial charge in [0.2, 0.25) is 0 Å². The van der Waals surface area contributed by atoms with E-state index in [9.17, 15) is 0 Å². The highest BCUT2D eigenvalue weighted by atomic mass is 35.5. The van der Waals surface area contributed by atoms with Gasteiger partial charge in [0.15, 0.2) is 11.7 Å². The molecule has 4 heteroatoms. The second kappa shape index (κ2) is 7.95. The Morgan fingerprint density at radius 1 is 1.20 bits per heavy atom. The average molecular weight is 294 g/mol. The van der Waals surface area contributed by atoms with E-state index in [0.29, 0.717) is 5.88 Å². The number of rotatable bonds is 8. The number of halogens is 1. The van der Waals surface area contributed by atoms with E-state index in [-0.39, 0.29) is 0 Å². The maximum atomic E-state index is 5.70. The van der Waals surface area contributed by atoms with Gasteiger partial charge in [-0.15, -0.1) is 11.6 Å². The van der Waals surface area contributed by atoms with Crippen molar-refractivity contribution in [2.75, 3.05) is 12.5 Å². The van der Waals surface area contributed by atoms with Gasteiger partial charge in [-0.1, -0.05) is 13.3 Å². The summed E-state index contributed by atoms with van der Waals surface area (Å²) in [7, 11) is 0. The van der Waals surface area contributed by atoms with Gasteiger partial charge >= 0.3 is 0 Å². The quantitative estimate of drug-likeness (QED) is 0.523. The van der Waals surface area contributed by atoms with E-state index >= 15 is 0 Å². The van der Waals surface area contributed by atoms with Gasteiger partial charge in [-0.05, 0) is 37.1 Å². The fourth-order valence-electron chi connectivity index (χ4n) is 1.83. The van der Waals surface area contributed by atoms with Crippen molar-refractivity contribution in [3.8, 4) is 17.1 Å². The molecule has 0 spiro atoms. The summed E-state index contributed by atoms with van der Waals surface area (Å²) in [6.45, 7) is 2.92. The summed E-state index contributed by atoms with van der Waals surface area (Å²) in [6, 6.07) is 7.91. The van der Waals surface area contributed by atoms with Crippen molar-refractivity contribution in [3.05, 3.63) is 36.4 Å². The minimum absolute atomic E-state index is 0.626. The van der Waals surface area contributed by atoms with Crippen LogP contribution in [0.4, 0.5) is 0 Å². The standard InChI is InChI=1S/C16H20ClNO2/c1-2-3-11-19-14-8-6-13(7-9-14)15-12-18-16(20-15)5-4-10-17/h6-9,12H,2-5,10-11H2,1H3. The fraction of sp³-hybridized carbons (Fsp3) is 0.438. The molecule has 0 unspecified atom stereocenters. The smallest absolute Gasteiger partial charge is 0.194 e. The Labute approximate surface area is 124 Å². The molecule has 0 N–H and O–H groups in total. The van der Waals surface area contributed by atoms with Crippen LogP contribution in [0.1, 0.15) is 32.1 Å². The molecule has 108 valence electrons. The monoisotopic (exact) mass is 293 g/mol. The zero-order valence-corrected chi connectivity index (χ0v) is 12.5. The van der Waals surface area contributed by atoms with Crippen LogP contribution in [0.5, 0.6) is 5.75 Å². The van der Waals surface area contributed by atoms with Crippen molar-refractivity contribution < 1.29 is 9.15 Å². The number of aryl methyl sites for hydroxylation is 1. The largest absolute Gasteiger partial charge is 0.494 e. The van der Waals surface area contributed by atoms with Crippen molar-refractivity contribution in [3.63, 3.8) is 0 Å². The predicted molar refractivity (Wildman–Crippen MR) is 81.4 cm³/mol. The maximum absolute atomic E-state index is 5.70. The van der Waals surface area contributed by atoms with E-state index in [0.717, 1.165) is 55.3 Å². The van der Waals surface area contributed by atoms with Gasteiger partial charge in [-0.2, -0.15) is 0 Å². The van der Waals surface area contributed by atoms with Crippen molar-refractivity contribution in [2.24, 2.45) is 0 Å². The second-order valence-electron chi connectivity index (χ2n) is 4.64. The number of hydrogen-bond acceptors (Lipinski definition) is 3. The highest BCUT2D eigenvalue weighted by Gasteiger charge is 2.06. The van der Waals surface area contributed by atoms with E-state index in [1.165, 1.54) is 0 Å². The third kappa shape index (κ3) is 4.27. The highest BCUT2D eigenvalue weighted by Crippen LogP contribution is 2.23. The Kier molecular flexibility index (Phi) is 5.93. The third-order valence-corrected chi connectivity index (χ3v) is 3.25. The number of oxazole rings is 1. The van der Waals surface area contributed by atoms with E-state index < -0.39 is 0 Å². The molecule has 1 heterocycles. The summed E-state index contributed by atoms with van der Waals surface area (Å²) in [5, 5.41) is 0. The number of hydrogen-bond donors (Lipinski definition) is 0. The molecular formula is C16H20ClNO2. The Bertz CT molecular complexity index is 507. The van der Waals surface area contributed by atoms with Gasteiger partial charge in [-0.3, -0.25) is 0 Å². The van der Waals surface area contributed by atoms with Crippen LogP contribution in [0.2, 0.25) is 0 Å². The van der Waals surface area contributed by atoms with Crippen molar-refractivity contribution in [1.29, 1.82) is 0 Å². The lowest BCUT2D eigenvalue weighted by atomic mass is 10.2. The Morgan fingerprint density at radius 3 is 2.70 bits per heavy atom. The first-order valence-corrected chi connectivity index (χ1v) is 7.61. The van der Waals surface area contributed by atoms with Crippen LogP contribution >= 0.6 is 11.6 Å². The molecule has 1 aromatic heterocycles.